The predicted molar refractivity (Wildman–Crippen MR) is 145 cm³/mol. The van der Waals surface area contributed by atoms with Crippen LogP contribution in [0.1, 0.15) is 18.4 Å². The number of nitrogens with one attached hydrogen (secondary N) is 1. The first-order chi connectivity index (χ1) is 17.7. The molecule has 6 rings (SSSR count). The second kappa shape index (κ2) is 9.87. The van der Waals surface area contributed by atoms with Gasteiger partial charge >= 0.3 is 0 Å². The van der Waals surface area contributed by atoms with Crippen molar-refractivity contribution in [2.75, 3.05) is 56.5 Å². The van der Waals surface area contributed by atoms with Crippen LogP contribution in [0.5, 0.6) is 0 Å². The summed E-state index contributed by atoms with van der Waals surface area (Å²) in [6, 6.07) is 17.7. The first-order valence-electron chi connectivity index (χ1n) is 12.9. The summed E-state index contributed by atoms with van der Waals surface area (Å²) in [5, 5.41) is 8.99. The molecule has 0 radical (unpaired) electrons. The maximum atomic E-state index is 4.65. The fraction of sp³-hybridized carbons (Fsp3) is 0.393. The quantitative estimate of drug-likeness (QED) is 0.460. The smallest absolute Gasteiger partial charge is 0.168 e. The lowest BCUT2D eigenvalue weighted by Crippen LogP contribution is -2.53. The van der Waals surface area contributed by atoms with Gasteiger partial charge in [-0.1, -0.05) is 18.2 Å². The Morgan fingerprint density at radius 2 is 1.56 bits per heavy atom. The Kier molecular flexibility index (Phi) is 6.29. The summed E-state index contributed by atoms with van der Waals surface area (Å²) in [5.74, 6) is 0.764. The van der Waals surface area contributed by atoms with Crippen LogP contribution in [0.3, 0.4) is 0 Å². The highest BCUT2D eigenvalue weighted by Crippen LogP contribution is 2.27. The Morgan fingerprint density at radius 1 is 0.833 bits per heavy atom. The van der Waals surface area contributed by atoms with E-state index in [0.29, 0.717) is 0 Å². The lowest BCUT2D eigenvalue weighted by Gasteiger charge is -2.42. The van der Waals surface area contributed by atoms with Crippen LogP contribution in [0.25, 0.3) is 16.7 Å². The van der Waals surface area contributed by atoms with Crippen molar-refractivity contribution in [2.45, 2.75) is 25.8 Å². The lowest BCUT2D eigenvalue weighted by atomic mass is 10.0. The van der Waals surface area contributed by atoms with Gasteiger partial charge in [-0.25, -0.2) is 14.6 Å². The van der Waals surface area contributed by atoms with E-state index in [2.05, 4.69) is 85.5 Å². The highest BCUT2D eigenvalue weighted by atomic mass is 15.3. The van der Waals surface area contributed by atoms with E-state index in [-0.39, 0.29) is 0 Å². The number of para-hydroxylation sites is 1. The van der Waals surface area contributed by atoms with Crippen LogP contribution in [0, 0.1) is 6.92 Å². The van der Waals surface area contributed by atoms with Crippen LogP contribution >= 0.6 is 0 Å². The van der Waals surface area contributed by atoms with E-state index in [1.165, 1.54) is 37.2 Å². The highest BCUT2D eigenvalue weighted by Gasteiger charge is 2.26. The van der Waals surface area contributed by atoms with Gasteiger partial charge in [0, 0.05) is 43.6 Å². The fourth-order valence-electron chi connectivity index (χ4n) is 5.48. The number of likely N-dealkylation sites (tertiary alicyclic amines) is 1. The Hall–Kier alpha value is -3.49. The average molecular weight is 483 g/mol. The molecule has 1 N–H and O–H groups in total. The topological polar surface area (TPSA) is 65.4 Å². The van der Waals surface area contributed by atoms with E-state index in [1.807, 2.05) is 23.0 Å². The number of rotatable bonds is 5. The molecule has 8 heteroatoms. The van der Waals surface area contributed by atoms with Crippen molar-refractivity contribution in [3.05, 3.63) is 66.6 Å². The summed E-state index contributed by atoms with van der Waals surface area (Å²) in [7, 11) is 2.23. The Bertz CT molecular complexity index is 1320. The van der Waals surface area contributed by atoms with Crippen molar-refractivity contribution < 1.29 is 0 Å². The predicted octanol–water partition coefficient (Wildman–Crippen LogP) is 4.08. The number of nitrogens with zero attached hydrogens (tertiary/aromatic N) is 7. The number of aromatic nitrogens is 4. The summed E-state index contributed by atoms with van der Waals surface area (Å²) < 4.78 is 1.89. The minimum atomic E-state index is 0.756. The van der Waals surface area contributed by atoms with Crippen LogP contribution in [0.15, 0.2) is 61.1 Å². The summed E-state index contributed by atoms with van der Waals surface area (Å²) in [4.78, 5) is 16.7. The summed E-state index contributed by atoms with van der Waals surface area (Å²) in [5.41, 5.74) is 5.26. The molecular formula is C28H34N8. The standard InChI is InChI=1S/C28H34N8/c1-21-5-3-4-6-26(21)32-27-25-19-31-36(28(25)30-20-29-27)24-9-7-22(8-10-24)34-15-17-35(18-16-34)23-11-13-33(2)14-12-23/h3-10,19-20,23H,11-18H2,1-2H3,(H,29,30,32). The van der Waals surface area contributed by atoms with Crippen molar-refractivity contribution >= 4 is 28.2 Å². The van der Waals surface area contributed by atoms with Crippen molar-refractivity contribution in [3.8, 4) is 5.69 Å². The fourth-order valence-corrected chi connectivity index (χ4v) is 5.48. The average Bonchev–Trinajstić information content (AvgIpc) is 3.36. The zero-order chi connectivity index (χ0) is 24.5. The Balaban J connectivity index is 1.15. The number of benzene rings is 2. The van der Waals surface area contributed by atoms with Crippen LogP contribution in [-0.2, 0) is 0 Å². The molecule has 186 valence electrons. The van der Waals surface area contributed by atoms with Gasteiger partial charge in [0.25, 0.3) is 0 Å². The summed E-state index contributed by atoms with van der Waals surface area (Å²) >= 11 is 0. The highest BCUT2D eigenvalue weighted by molar-refractivity contribution is 5.89. The number of piperidine rings is 1. The van der Waals surface area contributed by atoms with Gasteiger partial charge < -0.3 is 15.1 Å². The first-order valence-corrected chi connectivity index (χ1v) is 12.9. The second-order valence-electron chi connectivity index (χ2n) is 10.0. The largest absolute Gasteiger partial charge is 0.369 e. The molecule has 2 aliphatic rings. The third-order valence-corrected chi connectivity index (χ3v) is 7.74. The number of fused-ring (bicyclic) bond motifs is 1. The zero-order valence-electron chi connectivity index (χ0n) is 21.1. The molecule has 0 bridgehead atoms. The number of hydrogen-bond donors (Lipinski definition) is 1. The molecule has 0 unspecified atom stereocenters. The molecule has 0 atom stereocenters. The molecule has 2 fully saturated rings. The van der Waals surface area contributed by atoms with Gasteiger partial charge in [0.2, 0.25) is 0 Å². The second-order valence-corrected chi connectivity index (χ2v) is 10.0. The molecule has 4 aromatic rings. The van der Waals surface area contributed by atoms with Gasteiger partial charge in [0.05, 0.1) is 17.3 Å². The SMILES string of the molecule is Cc1ccccc1Nc1ncnc2c1cnn2-c1ccc(N2CCN(C3CCN(C)CC3)CC2)cc1. The van der Waals surface area contributed by atoms with Gasteiger partial charge in [-0.2, -0.15) is 5.10 Å². The third kappa shape index (κ3) is 4.54. The normalized spacial score (nSPS) is 18.1. The van der Waals surface area contributed by atoms with Crippen molar-refractivity contribution in [1.29, 1.82) is 0 Å². The van der Waals surface area contributed by atoms with Gasteiger partial charge in [0.1, 0.15) is 12.1 Å². The Labute approximate surface area is 212 Å². The van der Waals surface area contributed by atoms with Crippen LogP contribution in [0.4, 0.5) is 17.2 Å². The number of hydrogen-bond acceptors (Lipinski definition) is 7. The minimum Gasteiger partial charge on any atom is -0.369 e. The molecule has 2 aliphatic heterocycles. The molecule has 2 aromatic heterocycles. The Morgan fingerprint density at radius 3 is 2.31 bits per heavy atom. The molecule has 0 saturated carbocycles. The zero-order valence-corrected chi connectivity index (χ0v) is 21.1. The van der Waals surface area contributed by atoms with E-state index in [4.69, 9.17) is 0 Å². The van der Waals surface area contributed by atoms with E-state index in [9.17, 15) is 0 Å². The van der Waals surface area contributed by atoms with E-state index < -0.39 is 0 Å². The summed E-state index contributed by atoms with van der Waals surface area (Å²) in [6.07, 6.45) is 6.04. The van der Waals surface area contributed by atoms with Gasteiger partial charge in [-0.15, -0.1) is 0 Å². The van der Waals surface area contributed by atoms with Gasteiger partial charge in [0.15, 0.2) is 5.65 Å². The van der Waals surface area contributed by atoms with E-state index in [0.717, 1.165) is 60.4 Å². The van der Waals surface area contributed by atoms with Crippen LogP contribution in [0.2, 0.25) is 0 Å². The van der Waals surface area contributed by atoms with Crippen molar-refractivity contribution in [3.63, 3.8) is 0 Å². The van der Waals surface area contributed by atoms with Gasteiger partial charge in [-0.3, -0.25) is 4.90 Å². The molecule has 0 spiro atoms. The molecule has 2 aromatic carbocycles. The molecule has 36 heavy (non-hydrogen) atoms. The number of piperazine rings is 1. The minimum absolute atomic E-state index is 0.756. The molecular weight excluding hydrogens is 448 g/mol. The molecule has 8 nitrogen and oxygen atoms in total. The van der Waals surface area contributed by atoms with Gasteiger partial charge in [-0.05, 0) is 75.8 Å². The van der Waals surface area contributed by atoms with Crippen LogP contribution < -0.4 is 10.2 Å². The summed E-state index contributed by atoms with van der Waals surface area (Å²) in [6.45, 7) is 8.99. The molecule has 2 saturated heterocycles. The molecule has 0 amide bonds. The van der Waals surface area contributed by atoms with Crippen molar-refractivity contribution in [1.82, 2.24) is 29.5 Å². The number of anilines is 3. The monoisotopic (exact) mass is 482 g/mol. The molecule has 4 heterocycles. The number of aryl methyl sites for hydroxylation is 1. The van der Waals surface area contributed by atoms with Crippen molar-refractivity contribution in [2.24, 2.45) is 0 Å². The maximum absolute atomic E-state index is 4.65. The maximum Gasteiger partial charge on any atom is 0.168 e. The molecule has 0 aliphatic carbocycles. The van der Waals surface area contributed by atoms with E-state index in [1.54, 1.807) is 6.33 Å². The third-order valence-electron chi connectivity index (χ3n) is 7.74. The first kappa shape index (κ1) is 22.9. The lowest BCUT2D eigenvalue weighted by molar-refractivity contribution is 0.115. The van der Waals surface area contributed by atoms with Crippen LogP contribution in [-0.4, -0.2) is 81.9 Å². The van der Waals surface area contributed by atoms with E-state index >= 15 is 0 Å².